The summed E-state index contributed by atoms with van der Waals surface area (Å²) in [7, 11) is 0. The molecule has 0 saturated carbocycles. The van der Waals surface area contributed by atoms with Crippen molar-refractivity contribution in [3.05, 3.63) is 28.8 Å². The second-order valence-electron chi connectivity index (χ2n) is 6.63. The molecule has 0 saturated heterocycles. The summed E-state index contributed by atoms with van der Waals surface area (Å²) in [5.74, 6) is 0. The van der Waals surface area contributed by atoms with E-state index >= 15 is 0 Å². The summed E-state index contributed by atoms with van der Waals surface area (Å²) >= 11 is 5.68. The van der Waals surface area contributed by atoms with Crippen molar-refractivity contribution in [3.8, 4) is 0 Å². The lowest BCUT2D eigenvalue weighted by Gasteiger charge is -2.29. The maximum absolute atomic E-state index is 5.68. The Bertz CT molecular complexity index is 389. The van der Waals surface area contributed by atoms with Gasteiger partial charge in [-0.15, -0.1) is 0 Å². The molecule has 0 amide bonds. The highest BCUT2D eigenvalue weighted by Crippen LogP contribution is 2.37. The summed E-state index contributed by atoms with van der Waals surface area (Å²) in [4.78, 5) is 1.06. The average Bonchev–Trinajstić information content (AvgIpc) is 1.97. The van der Waals surface area contributed by atoms with Crippen LogP contribution in [0.5, 0.6) is 0 Å². The Morgan fingerprint density at radius 3 is 1.75 bits per heavy atom. The Kier molecular flexibility index (Phi) is 3.40. The Morgan fingerprint density at radius 1 is 0.875 bits per heavy atom. The van der Waals surface area contributed by atoms with Crippen molar-refractivity contribution < 1.29 is 0 Å². The molecule has 1 aromatic carbocycles. The number of rotatable bonds is 0. The third-order valence-corrected chi connectivity index (χ3v) is 3.35. The van der Waals surface area contributed by atoms with Crippen LogP contribution in [0.4, 0.5) is 0 Å². The Balaban J connectivity index is 3.52. The molecule has 1 rings (SSSR count). The van der Waals surface area contributed by atoms with Crippen molar-refractivity contribution in [1.82, 2.24) is 0 Å². The van der Waals surface area contributed by atoms with Crippen molar-refractivity contribution in [1.29, 1.82) is 0 Å². The highest BCUT2D eigenvalue weighted by atomic mass is 32.1. The molecule has 0 fully saturated rings. The summed E-state index contributed by atoms with van der Waals surface area (Å²) in [6.45, 7) is 15.5. The predicted octanol–water partition coefficient (Wildman–Crippen LogP) is 5.15. The van der Waals surface area contributed by atoms with E-state index in [1.54, 1.807) is 0 Å². The fraction of sp³-hybridized carbons (Fsp3) is 0.600. The first-order valence-electron chi connectivity index (χ1n) is 5.86. The average molecular weight is 235 g/mol. The molecule has 1 aromatic rings. The fourth-order valence-corrected chi connectivity index (χ4v) is 3.05. The van der Waals surface area contributed by atoms with E-state index in [-0.39, 0.29) is 10.8 Å². The van der Waals surface area contributed by atoms with Crippen LogP contribution < -0.4 is 0 Å². The molecular weight excluding hydrogens is 212 g/mol. The lowest BCUT2D eigenvalue weighted by Crippen LogP contribution is -2.19. The molecule has 0 N–H and O–H groups in total. The number of benzene rings is 1. The monoisotopic (exact) mass is 235 g/mol. The summed E-state index contributed by atoms with van der Waals surface area (Å²) in [6.07, 6.45) is 0. The van der Waals surface area contributed by atoms with E-state index in [9.17, 15) is 0 Å². The normalized spacial score (nSPS) is 12.9. The van der Waals surface area contributed by atoms with Crippen LogP contribution in [0.3, 0.4) is 0 Å². The molecule has 0 aromatic heterocycles. The van der Waals surface area contributed by atoms with E-state index in [1.807, 2.05) is 0 Å². The maximum atomic E-state index is 5.68. The van der Waals surface area contributed by atoms with Crippen molar-refractivity contribution >= 4 is 12.6 Å². The third-order valence-electron chi connectivity index (χ3n) is 2.92. The largest absolute Gasteiger partial charge is 0.0795 e. The molecule has 0 aliphatic rings. The van der Waals surface area contributed by atoms with Gasteiger partial charge >= 0.3 is 0 Å². The van der Waals surface area contributed by atoms with Gasteiger partial charge in [-0.3, -0.25) is 0 Å². The van der Waals surface area contributed by atoms with Gasteiger partial charge < -0.3 is 0 Å². The first-order valence-corrected chi connectivity index (χ1v) is 6.27. The Morgan fingerprint density at radius 2 is 1.38 bits per heavy atom. The molecule has 1 heteroatoms. The van der Waals surface area contributed by atoms with Crippen LogP contribution in [-0.2, 0) is 10.8 Å². The van der Waals surface area contributed by atoms with E-state index in [0.29, 0.717) is 0 Å². The van der Waals surface area contributed by atoms with Gasteiger partial charge in [-0.25, -0.2) is 0 Å². The lowest BCUT2D eigenvalue weighted by atomic mass is 9.78. The molecule has 0 spiro atoms. The van der Waals surface area contributed by atoms with Gasteiger partial charge in [0.25, 0.3) is 0 Å². The molecule has 1 radical (unpaired) electrons. The molecule has 0 aliphatic carbocycles. The minimum atomic E-state index is 0.127. The Hall–Kier alpha value is -0.560. The first kappa shape index (κ1) is 13.5. The van der Waals surface area contributed by atoms with Crippen LogP contribution in [0.2, 0.25) is 0 Å². The summed E-state index contributed by atoms with van der Waals surface area (Å²) < 4.78 is 0. The van der Waals surface area contributed by atoms with Crippen LogP contribution in [0.25, 0.3) is 0 Å². The van der Waals surface area contributed by atoms with Crippen LogP contribution in [0.1, 0.15) is 58.2 Å². The van der Waals surface area contributed by atoms with Crippen LogP contribution in [-0.4, -0.2) is 0 Å². The van der Waals surface area contributed by atoms with Crippen LogP contribution in [0.15, 0.2) is 17.0 Å². The smallest absolute Gasteiger partial charge is 0.0454 e. The molecular formula is C15H23S. The third kappa shape index (κ3) is 2.57. The van der Waals surface area contributed by atoms with E-state index in [0.717, 1.165) is 4.90 Å². The van der Waals surface area contributed by atoms with Crippen LogP contribution >= 0.6 is 12.6 Å². The molecule has 0 atom stereocenters. The second-order valence-corrected chi connectivity index (χ2v) is 7.04. The minimum Gasteiger partial charge on any atom is -0.0795 e. The van der Waals surface area contributed by atoms with Gasteiger partial charge in [0, 0.05) is 4.90 Å². The molecule has 16 heavy (non-hydrogen) atoms. The van der Waals surface area contributed by atoms with E-state index in [4.69, 9.17) is 12.6 Å². The highest BCUT2D eigenvalue weighted by molar-refractivity contribution is 7.80. The maximum Gasteiger partial charge on any atom is 0.0454 e. The number of aryl methyl sites for hydroxylation is 1. The van der Waals surface area contributed by atoms with Gasteiger partial charge in [-0.1, -0.05) is 66.3 Å². The molecule has 0 heterocycles. The topological polar surface area (TPSA) is 0 Å². The molecule has 0 bridgehead atoms. The standard InChI is InChI=1S/C15H23S/c1-10-8-9-11(14(2,3)4)13(16)12(10)15(5,6)7/h8-9H,1-7H3. The van der Waals surface area contributed by atoms with E-state index in [1.165, 1.54) is 16.7 Å². The van der Waals surface area contributed by atoms with Gasteiger partial charge in [-0.2, -0.15) is 0 Å². The number of hydrogen-bond acceptors (Lipinski definition) is 0. The molecule has 0 nitrogen and oxygen atoms in total. The van der Waals surface area contributed by atoms with E-state index in [2.05, 4.69) is 60.6 Å². The second kappa shape index (κ2) is 4.03. The Labute approximate surface area is 106 Å². The zero-order chi connectivity index (χ0) is 12.7. The van der Waals surface area contributed by atoms with Crippen molar-refractivity contribution in [2.24, 2.45) is 0 Å². The SMILES string of the molecule is Cc1ccc(C(C)(C)C)c([S])c1C(C)(C)C. The molecule has 0 aliphatic heterocycles. The van der Waals surface area contributed by atoms with Gasteiger partial charge in [0.05, 0.1) is 0 Å². The van der Waals surface area contributed by atoms with Crippen molar-refractivity contribution in [2.75, 3.05) is 0 Å². The summed E-state index contributed by atoms with van der Waals surface area (Å²) in [6, 6.07) is 4.39. The quantitative estimate of drug-likeness (QED) is 0.583. The molecule has 0 unspecified atom stereocenters. The van der Waals surface area contributed by atoms with Crippen molar-refractivity contribution in [2.45, 2.75) is 64.2 Å². The lowest BCUT2D eigenvalue weighted by molar-refractivity contribution is 0.544. The van der Waals surface area contributed by atoms with Gasteiger partial charge in [0.1, 0.15) is 0 Å². The minimum absolute atomic E-state index is 0.127. The summed E-state index contributed by atoms with van der Waals surface area (Å²) in [5, 5.41) is 0. The predicted molar refractivity (Wildman–Crippen MR) is 74.4 cm³/mol. The first-order chi connectivity index (χ1) is 7.05. The zero-order valence-electron chi connectivity index (χ0n) is 11.6. The number of hydrogen-bond donors (Lipinski definition) is 0. The van der Waals surface area contributed by atoms with Gasteiger partial charge in [0.2, 0.25) is 0 Å². The van der Waals surface area contributed by atoms with Gasteiger partial charge in [0.15, 0.2) is 0 Å². The summed E-state index contributed by atoms with van der Waals surface area (Å²) in [5.41, 5.74) is 4.19. The van der Waals surface area contributed by atoms with E-state index < -0.39 is 0 Å². The molecule has 89 valence electrons. The van der Waals surface area contributed by atoms with Gasteiger partial charge in [-0.05, 0) is 34.4 Å². The fourth-order valence-electron chi connectivity index (χ4n) is 2.20. The highest BCUT2D eigenvalue weighted by Gasteiger charge is 2.25. The zero-order valence-corrected chi connectivity index (χ0v) is 12.4. The van der Waals surface area contributed by atoms with Crippen LogP contribution in [0, 0.1) is 6.92 Å². The van der Waals surface area contributed by atoms with Crippen molar-refractivity contribution in [3.63, 3.8) is 0 Å².